The summed E-state index contributed by atoms with van der Waals surface area (Å²) in [5.41, 5.74) is 1.05. The molecule has 1 heterocycles. The van der Waals surface area contributed by atoms with Gasteiger partial charge in [-0.05, 0) is 58.2 Å². The van der Waals surface area contributed by atoms with Gasteiger partial charge in [0.2, 0.25) is 0 Å². The Kier molecular flexibility index (Phi) is 5.15. The number of aryl methyl sites for hydroxylation is 1. The van der Waals surface area contributed by atoms with E-state index in [0.717, 1.165) is 18.4 Å². The summed E-state index contributed by atoms with van der Waals surface area (Å²) in [7, 11) is 0. The molecule has 1 fully saturated rings. The van der Waals surface area contributed by atoms with E-state index in [-0.39, 0.29) is 12.2 Å². The highest BCUT2D eigenvalue weighted by Gasteiger charge is 2.28. The Balaban J connectivity index is 1.99. The summed E-state index contributed by atoms with van der Waals surface area (Å²) in [5, 5.41) is 9.10. The van der Waals surface area contributed by atoms with E-state index in [1.807, 2.05) is 39.8 Å². The number of amides is 1. The van der Waals surface area contributed by atoms with Crippen molar-refractivity contribution in [2.24, 2.45) is 0 Å². The van der Waals surface area contributed by atoms with Gasteiger partial charge in [0.1, 0.15) is 17.5 Å². The molecule has 1 atom stereocenters. The van der Waals surface area contributed by atoms with E-state index in [9.17, 15) is 4.79 Å². The van der Waals surface area contributed by atoms with Crippen molar-refractivity contribution in [2.45, 2.75) is 52.2 Å². The summed E-state index contributed by atoms with van der Waals surface area (Å²) in [6, 6.07) is 7.65. The second-order valence-electron chi connectivity index (χ2n) is 6.90. The zero-order chi connectivity index (χ0) is 17.0. The van der Waals surface area contributed by atoms with Crippen LogP contribution in [-0.2, 0) is 4.74 Å². The Morgan fingerprint density at radius 1 is 1.39 bits per heavy atom. The van der Waals surface area contributed by atoms with E-state index in [0.29, 0.717) is 24.4 Å². The lowest BCUT2D eigenvalue weighted by Crippen LogP contribution is -2.46. The van der Waals surface area contributed by atoms with E-state index < -0.39 is 5.60 Å². The molecule has 2 rings (SSSR count). The minimum atomic E-state index is -0.496. The van der Waals surface area contributed by atoms with Crippen LogP contribution in [0.4, 0.5) is 4.79 Å². The number of rotatable bonds is 2. The molecule has 0 aromatic heterocycles. The van der Waals surface area contributed by atoms with Crippen LogP contribution in [-0.4, -0.2) is 35.8 Å². The van der Waals surface area contributed by atoms with Crippen LogP contribution in [0.15, 0.2) is 18.2 Å². The molecule has 5 heteroatoms. The molecular formula is C18H24N2O3. The van der Waals surface area contributed by atoms with Crippen LogP contribution in [0.25, 0.3) is 0 Å². The van der Waals surface area contributed by atoms with Crippen molar-refractivity contribution in [3.05, 3.63) is 29.3 Å². The van der Waals surface area contributed by atoms with Gasteiger partial charge in [-0.15, -0.1) is 0 Å². The number of nitrogens with zero attached hydrogens (tertiary/aromatic N) is 2. The maximum atomic E-state index is 12.2. The largest absolute Gasteiger partial charge is 0.489 e. The van der Waals surface area contributed by atoms with Crippen molar-refractivity contribution in [1.82, 2.24) is 4.90 Å². The lowest BCUT2D eigenvalue weighted by Gasteiger charge is -2.34. The first-order valence-electron chi connectivity index (χ1n) is 7.94. The monoisotopic (exact) mass is 316 g/mol. The van der Waals surface area contributed by atoms with Crippen molar-refractivity contribution in [2.75, 3.05) is 13.1 Å². The summed E-state index contributed by atoms with van der Waals surface area (Å²) in [6.07, 6.45) is 1.38. The number of nitriles is 1. The highest BCUT2D eigenvalue weighted by Crippen LogP contribution is 2.22. The molecule has 1 aliphatic rings. The number of carbonyl (C=O) groups excluding carboxylic acids is 1. The van der Waals surface area contributed by atoms with Crippen molar-refractivity contribution in [3.8, 4) is 11.8 Å². The lowest BCUT2D eigenvalue weighted by atomic mass is 10.1. The minimum absolute atomic E-state index is 0.0782. The van der Waals surface area contributed by atoms with Gasteiger partial charge in [-0.3, -0.25) is 0 Å². The SMILES string of the molecule is Cc1ccc(OC2CCCN(C(=O)OC(C)(C)C)C2)cc1C#N. The molecular weight excluding hydrogens is 292 g/mol. The zero-order valence-corrected chi connectivity index (χ0v) is 14.3. The molecule has 0 spiro atoms. The number of ether oxygens (including phenoxy) is 2. The Labute approximate surface area is 137 Å². The van der Waals surface area contributed by atoms with E-state index in [1.54, 1.807) is 11.0 Å². The quantitative estimate of drug-likeness (QED) is 0.835. The summed E-state index contributed by atoms with van der Waals surface area (Å²) < 4.78 is 11.4. The van der Waals surface area contributed by atoms with Crippen molar-refractivity contribution >= 4 is 6.09 Å². The normalized spacial score (nSPS) is 18.2. The van der Waals surface area contributed by atoms with Crippen LogP contribution in [0.2, 0.25) is 0 Å². The number of piperidine rings is 1. The number of hydrogen-bond donors (Lipinski definition) is 0. The summed E-state index contributed by atoms with van der Waals surface area (Å²) in [4.78, 5) is 13.9. The van der Waals surface area contributed by atoms with Gasteiger partial charge in [0, 0.05) is 6.54 Å². The second-order valence-corrected chi connectivity index (χ2v) is 6.90. The van der Waals surface area contributed by atoms with Crippen molar-refractivity contribution < 1.29 is 14.3 Å². The third-order valence-electron chi connectivity index (χ3n) is 3.66. The van der Waals surface area contributed by atoms with Gasteiger partial charge >= 0.3 is 6.09 Å². The molecule has 0 aliphatic carbocycles. The molecule has 0 bridgehead atoms. The minimum Gasteiger partial charge on any atom is -0.489 e. The maximum Gasteiger partial charge on any atom is 0.410 e. The predicted molar refractivity (Wildman–Crippen MR) is 87.4 cm³/mol. The molecule has 124 valence electrons. The van der Waals surface area contributed by atoms with Crippen LogP contribution in [0.1, 0.15) is 44.7 Å². The standard InChI is InChI=1S/C18H24N2O3/c1-13-7-8-15(10-14(13)11-19)22-16-6-5-9-20(12-16)17(21)23-18(2,3)4/h7-8,10,16H,5-6,9,12H2,1-4H3. The second kappa shape index (κ2) is 6.91. The van der Waals surface area contributed by atoms with Gasteiger partial charge in [-0.2, -0.15) is 5.26 Å². The molecule has 1 saturated heterocycles. The number of hydrogen-bond acceptors (Lipinski definition) is 4. The Hall–Kier alpha value is -2.22. The first kappa shape index (κ1) is 17.1. The smallest absolute Gasteiger partial charge is 0.410 e. The highest BCUT2D eigenvalue weighted by molar-refractivity contribution is 5.68. The first-order chi connectivity index (χ1) is 10.8. The molecule has 5 nitrogen and oxygen atoms in total. The van der Waals surface area contributed by atoms with E-state index in [4.69, 9.17) is 14.7 Å². The van der Waals surface area contributed by atoms with Crippen LogP contribution in [0, 0.1) is 18.3 Å². The van der Waals surface area contributed by atoms with Crippen molar-refractivity contribution in [3.63, 3.8) is 0 Å². The summed E-state index contributed by atoms with van der Waals surface area (Å²) >= 11 is 0. The van der Waals surface area contributed by atoms with Gasteiger partial charge in [0.25, 0.3) is 0 Å². The lowest BCUT2D eigenvalue weighted by molar-refractivity contribution is 0.00776. The van der Waals surface area contributed by atoms with E-state index >= 15 is 0 Å². The molecule has 23 heavy (non-hydrogen) atoms. The zero-order valence-electron chi connectivity index (χ0n) is 14.3. The molecule has 1 unspecified atom stereocenters. The average molecular weight is 316 g/mol. The molecule has 1 aromatic rings. The molecule has 0 radical (unpaired) electrons. The molecule has 1 amide bonds. The van der Waals surface area contributed by atoms with Crippen LogP contribution in [0.3, 0.4) is 0 Å². The summed E-state index contributed by atoms with van der Waals surface area (Å²) in [6.45, 7) is 8.67. The fourth-order valence-corrected chi connectivity index (χ4v) is 2.51. The molecule has 1 aliphatic heterocycles. The number of likely N-dealkylation sites (tertiary alicyclic amines) is 1. The third kappa shape index (κ3) is 4.88. The maximum absolute atomic E-state index is 12.2. The van der Waals surface area contributed by atoms with E-state index in [2.05, 4.69) is 6.07 Å². The Bertz CT molecular complexity index is 614. The number of benzene rings is 1. The van der Waals surface area contributed by atoms with E-state index in [1.165, 1.54) is 0 Å². The summed E-state index contributed by atoms with van der Waals surface area (Å²) in [5.74, 6) is 0.670. The molecule has 0 saturated carbocycles. The van der Waals surface area contributed by atoms with Gasteiger partial charge in [-0.25, -0.2) is 4.79 Å². The van der Waals surface area contributed by atoms with Gasteiger partial charge in [-0.1, -0.05) is 6.07 Å². The topological polar surface area (TPSA) is 62.6 Å². The van der Waals surface area contributed by atoms with Crippen LogP contribution in [0.5, 0.6) is 5.75 Å². The molecule has 1 aromatic carbocycles. The highest BCUT2D eigenvalue weighted by atomic mass is 16.6. The average Bonchev–Trinajstić information content (AvgIpc) is 2.48. The van der Waals surface area contributed by atoms with Crippen molar-refractivity contribution in [1.29, 1.82) is 5.26 Å². The number of carbonyl (C=O) groups is 1. The van der Waals surface area contributed by atoms with Crippen LogP contribution < -0.4 is 4.74 Å². The van der Waals surface area contributed by atoms with Gasteiger partial charge in [0.05, 0.1) is 18.2 Å². The van der Waals surface area contributed by atoms with Crippen LogP contribution >= 0.6 is 0 Å². The fourth-order valence-electron chi connectivity index (χ4n) is 2.51. The fraction of sp³-hybridized carbons (Fsp3) is 0.556. The Morgan fingerprint density at radius 2 is 2.13 bits per heavy atom. The van der Waals surface area contributed by atoms with Gasteiger partial charge < -0.3 is 14.4 Å². The predicted octanol–water partition coefficient (Wildman–Crippen LogP) is 3.65. The third-order valence-corrected chi connectivity index (χ3v) is 3.66. The molecule has 0 N–H and O–H groups in total. The Morgan fingerprint density at radius 3 is 2.78 bits per heavy atom. The van der Waals surface area contributed by atoms with Gasteiger partial charge in [0.15, 0.2) is 0 Å². The first-order valence-corrected chi connectivity index (χ1v) is 7.94.